The quantitative estimate of drug-likeness (QED) is 0.521. The van der Waals surface area contributed by atoms with Gasteiger partial charge >= 0.3 is 0 Å². The van der Waals surface area contributed by atoms with Crippen molar-refractivity contribution in [1.29, 1.82) is 0 Å². The van der Waals surface area contributed by atoms with E-state index in [1.807, 2.05) is 31.2 Å². The van der Waals surface area contributed by atoms with Gasteiger partial charge in [0.2, 0.25) is 0 Å². The molecular weight excluding hydrogens is 462 g/mol. The van der Waals surface area contributed by atoms with Gasteiger partial charge in [0.1, 0.15) is 17.3 Å². The summed E-state index contributed by atoms with van der Waals surface area (Å²) in [4.78, 5) is 2.42. The molecule has 33 heavy (non-hydrogen) atoms. The summed E-state index contributed by atoms with van der Waals surface area (Å²) in [5.41, 5.74) is 2.18. The molecule has 9 heteroatoms. The Morgan fingerprint density at radius 1 is 1.03 bits per heavy atom. The molecule has 3 aromatic rings. The first kappa shape index (κ1) is 25.0. The van der Waals surface area contributed by atoms with Crippen LogP contribution in [0.1, 0.15) is 19.6 Å². The molecule has 0 saturated carbocycles. The Labute approximate surface area is 201 Å². The number of hydrogen-bond donors (Lipinski definition) is 2. The second kappa shape index (κ2) is 10.1. The number of halogens is 1. The number of piperazine rings is 1. The highest BCUT2D eigenvalue weighted by Crippen LogP contribution is 2.32. The predicted molar refractivity (Wildman–Crippen MR) is 134 cm³/mol. The molecule has 4 rings (SSSR count). The monoisotopic (exact) mass is 491 g/mol. The molecule has 2 heterocycles. The number of methoxy groups -OCH3 is 1. The summed E-state index contributed by atoms with van der Waals surface area (Å²) in [7, 11) is -2.27. The van der Waals surface area contributed by atoms with E-state index in [9.17, 15) is 8.42 Å². The lowest BCUT2D eigenvalue weighted by Gasteiger charge is -2.38. The first-order valence-corrected chi connectivity index (χ1v) is 12.1. The van der Waals surface area contributed by atoms with Gasteiger partial charge < -0.3 is 19.4 Å². The van der Waals surface area contributed by atoms with Crippen LogP contribution >= 0.6 is 12.4 Å². The number of hydrogen-bond acceptors (Lipinski definition) is 6. The van der Waals surface area contributed by atoms with Crippen molar-refractivity contribution in [2.75, 3.05) is 29.8 Å². The van der Waals surface area contributed by atoms with E-state index in [4.69, 9.17) is 9.15 Å². The van der Waals surface area contributed by atoms with Crippen molar-refractivity contribution in [3.63, 3.8) is 0 Å². The Balaban J connectivity index is 0.00000306. The molecule has 1 aliphatic heterocycles. The Bertz CT molecular complexity index is 1180. The summed E-state index contributed by atoms with van der Waals surface area (Å²) < 4.78 is 39.9. The molecule has 1 saturated heterocycles. The normalized spacial score (nSPS) is 18.5. The van der Waals surface area contributed by atoms with Gasteiger partial charge in [-0.05, 0) is 75.4 Å². The third-order valence-corrected chi connectivity index (χ3v) is 6.92. The first-order chi connectivity index (χ1) is 15.2. The maximum absolute atomic E-state index is 13.1. The Kier molecular flexibility index (Phi) is 7.62. The number of nitrogens with zero attached hydrogens (tertiary/aromatic N) is 1. The van der Waals surface area contributed by atoms with Gasteiger partial charge in [-0.15, -0.1) is 12.4 Å². The average Bonchev–Trinajstić information content (AvgIpc) is 3.19. The molecule has 2 unspecified atom stereocenters. The smallest absolute Gasteiger partial charge is 0.262 e. The molecule has 0 spiro atoms. The number of benzene rings is 2. The fraction of sp³-hybridized carbons (Fsp3) is 0.333. The summed E-state index contributed by atoms with van der Waals surface area (Å²) in [6.07, 6.45) is 0. The van der Waals surface area contributed by atoms with Crippen LogP contribution < -0.4 is 19.7 Å². The number of ether oxygens (including phenoxy) is 1. The fourth-order valence-corrected chi connectivity index (χ4v) is 5.16. The largest absolute Gasteiger partial charge is 0.495 e. The Hall–Kier alpha value is -2.68. The topological polar surface area (TPSA) is 83.8 Å². The number of nitrogens with one attached hydrogen (secondary N) is 2. The molecule has 1 aliphatic rings. The van der Waals surface area contributed by atoms with E-state index in [0.717, 1.165) is 30.1 Å². The van der Waals surface area contributed by atoms with E-state index in [1.54, 1.807) is 30.3 Å². The van der Waals surface area contributed by atoms with Crippen LogP contribution in [-0.4, -0.2) is 40.7 Å². The van der Waals surface area contributed by atoms with Crippen molar-refractivity contribution >= 4 is 33.8 Å². The van der Waals surface area contributed by atoms with Crippen LogP contribution in [0.5, 0.6) is 5.75 Å². The second-order valence-electron chi connectivity index (χ2n) is 8.30. The molecule has 1 fully saturated rings. The lowest BCUT2D eigenvalue weighted by atomic mass is 10.1. The molecule has 2 N–H and O–H groups in total. The van der Waals surface area contributed by atoms with Crippen LogP contribution in [0.2, 0.25) is 0 Å². The minimum Gasteiger partial charge on any atom is -0.495 e. The molecule has 0 radical (unpaired) electrons. The van der Waals surface area contributed by atoms with Crippen LogP contribution in [-0.2, 0) is 10.0 Å². The van der Waals surface area contributed by atoms with Crippen molar-refractivity contribution in [1.82, 2.24) is 5.32 Å². The standard InChI is InChI=1S/C24H29N3O4S.ClH/c1-16-14-27(15-17(2)25-16)20-8-12-24(30-4)22(13-20)26-32(28,29)21-9-6-19(7-10-21)23-11-5-18(3)31-23;/h5-13,16-17,25-26H,14-15H2,1-4H3;1H. The molecule has 1 aromatic heterocycles. The van der Waals surface area contributed by atoms with Crippen molar-refractivity contribution in [2.24, 2.45) is 0 Å². The van der Waals surface area contributed by atoms with Gasteiger partial charge in [-0.25, -0.2) is 8.42 Å². The highest BCUT2D eigenvalue weighted by molar-refractivity contribution is 7.92. The zero-order chi connectivity index (χ0) is 22.9. The SMILES string of the molecule is COc1ccc(N2CC(C)NC(C)C2)cc1NS(=O)(=O)c1ccc(-c2ccc(C)o2)cc1.Cl. The summed E-state index contributed by atoms with van der Waals surface area (Å²) >= 11 is 0. The third kappa shape index (κ3) is 5.63. The van der Waals surface area contributed by atoms with Crippen LogP contribution in [0.25, 0.3) is 11.3 Å². The van der Waals surface area contributed by atoms with Crippen LogP contribution in [0, 0.1) is 6.92 Å². The average molecular weight is 492 g/mol. The highest BCUT2D eigenvalue weighted by atomic mass is 35.5. The van der Waals surface area contributed by atoms with E-state index in [-0.39, 0.29) is 17.3 Å². The van der Waals surface area contributed by atoms with Crippen LogP contribution in [0.15, 0.2) is 63.9 Å². The molecule has 2 atom stereocenters. The van der Waals surface area contributed by atoms with Gasteiger partial charge in [-0.1, -0.05) is 0 Å². The maximum Gasteiger partial charge on any atom is 0.262 e. The van der Waals surface area contributed by atoms with Gasteiger partial charge in [0, 0.05) is 36.4 Å². The maximum atomic E-state index is 13.1. The Morgan fingerprint density at radius 3 is 2.27 bits per heavy atom. The highest BCUT2D eigenvalue weighted by Gasteiger charge is 2.23. The number of anilines is 2. The lowest BCUT2D eigenvalue weighted by Crippen LogP contribution is -2.54. The van der Waals surface area contributed by atoms with Gasteiger partial charge in [-0.3, -0.25) is 4.72 Å². The molecule has 0 amide bonds. The van der Waals surface area contributed by atoms with E-state index in [0.29, 0.717) is 29.3 Å². The summed E-state index contributed by atoms with van der Waals surface area (Å²) in [5, 5.41) is 3.51. The molecule has 178 valence electrons. The molecule has 0 bridgehead atoms. The summed E-state index contributed by atoms with van der Waals surface area (Å²) in [5.74, 6) is 1.98. The van der Waals surface area contributed by atoms with E-state index < -0.39 is 10.0 Å². The molecule has 0 aliphatic carbocycles. The number of aryl methyl sites for hydroxylation is 1. The second-order valence-corrected chi connectivity index (χ2v) is 9.98. The predicted octanol–water partition coefficient (Wildman–Crippen LogP) is 4.67. The van der Waals surface area contributed by atoms with Crippen LogP contribution in [0.4, 0.5) is 11.4 Å². The summed E-state index contributed by atoms with van der Waals surface area (Å²) in [6.45, 7) is 7.84. The number of sulfonamides is 1. The number of rotatable bonds is 6. The minimum atomic E-state index is -3.80. The van der Waals surface area contributed by atoms with E-state index in [1.165, 1.54) is 7.11 Å². The van der Waals surface area contributed by atoms with Crippen molar-refractivity contribution < 1.29 is 17.6 Å². The zero-order valence-electron chi connectivity index (χ0n) is 19.2. The van der Waals surface area contributed by atoms with Gasteiger partial charge in [-0.2, -0.15) is 0 Å². The van der Waals surface area contributed by atoms with Crippen molar-refractivity contribution in [2.45, 2.75) is 37.8 Å². The van der Waals surface area contributed by atoms with Gasteiger partial charge in [0.15, 0.2) is 0 Å². The van der Waals surface area contributed by atoms with Crippen LogP contribution in [0.3, 0.4) is 0 Å². The Morgan fingerprint density at radius 2 is 1.70 bits per heavy atom. The molecular formula is C24H30ClN3O4S. The third-order valence-electron chi connectivity index (χ3n) is 5.54. The molecule has 2 aromatic carbocycles. The van der Waals surface area contributed by atoms with Gasteiger partial charge in [0.25, 0.3) is 10.0 Å². The molecule has 7 nitrogen and oxygen atoms in total. The zero-order valence-corrected chi connectivity index (χ0v) is 20.8. The fourth-order valence-electron chi connectivity index (χ4n) is 4.10. The first-order valence-electron chi connectivity index (χ1n) is 10.6. The van der Waals surface area contributed by atoms with Crippen molar-refractivity contribution in [3.05, 3.63) is 60.4 Å². The van der Waals surface area contributed by atoms with E-state index in [2.05, 4.69) is 28.8 Å². The van der Waals surface area contributed by atoms with Gasteiger partial charge in [0.05, 0.1) is 17.7 Å². The summed E-state index contributed by atoms with van der Waals surface area (Å²) in [6, 6.07) is 16.7. The van der Waals surface area contributed by atoms with Crippen molar-refractivity contribution in [3.8, 4) is 17.1 Å². The lowest BCUT2D eigenvalue weighted by molar-refractivity contribution is 0.406. The van der Waals surface area contributed by atoms with E-state index >= 15 is 0 Å². The number of furan rings is 1. The minimum absolute atomic E-state index is 0.